The first-order valence-electron chi connectivity index (χ1n) is 9.53. The van der Waals surface area contributed by atoms with Crippen molar-refractivity contribution in [2.24, 2.45) is 5.73 Å². The molecule has 0 bridgehead atoms. The van der Waals surface area contributed by atoms with Crippen LogP contribution in [0.1, 0.15) is 6.92 Å². The van der Waals surface area contributed by atoms with Crippen LogP contribution in [0.4, 0.5) is 25.1 Å². The van der Waals surface area contributed by atoms with Gasteiger partial charge in [-0.25, -0.2) is 23.5 Å². The van der Waals surface area contributed by atoms with Gasteiger partial charge < -0.3 is 29.8 Å². The molecular formula is C19H21F2N5O5. The number of hydrogen-bond donors (Lipinski definition) is 2. The molecule has 166 valence electrons. The predicted octanol–water partition coefficient (Wildman–Crippen LogP) is 1.83. The SMILES string of the molecule is COc1c(N[C@@H](C)C(N)=O)ccc2c1OCCn1cc(N3C(=O)OCC3C(F)F)nc1-2. The van der Waals surface area contributed by atoms with Crippen molar-refractivity contribution in [2.75, 3.05) is 30.5 Å². The van der Waals surface area contributed by atoms with Crippen molar-refractivity contribution in [2.45, 2.75) is 32.0 Å². The van der Waals surface area contributed by atoms with E-state index in [0.717, 1.165) is 4.90 Å². The summed E-state index contributed by atoms with van der Waals surface area (Å²) in [5.41, 5.74) is 6.36. The van der Waals surface area contributed by atoms with Gasteiger partial charge in [-0.15, -0.1) is 0 Å². The van der Waals surface area contributed by atoms with Crippen LogP contribution in [0.5, 0.6) is 11.5 Å². The quantitative estimate of drug-likeness (QED) is 0.707. The molecule has 10 nitrogen and oxygen atoms in total. The highest BCUT2D eigenvalue weighted by Gasteiger charge is 2.42. The molecule has 2 aromatic rings. The van der Waals surface area contributed by atoms with Crippen LogP contribution in [0.25, 0.3) is 11.4 Å². The Bertz CT molecular complexity index is 1030. The molecule has 3 N–H and O–H groups in total. The van der Waals surface area contributed by atoms with Gasteiger partial charge in [0.25, 0.3) is 6.43 Å². The fourth-order valence-corrected chi connectivity index (χ4v) is 3.54. The van der Waals surface area contributed by atoms with Crippen molar-refractivity contribution in [3.63, 3.8) is 0 Å². The molecule has 2 amide bonds. The third-order valence-corrected chi connectivity index (χ3v) is 5.14. The Balaban J connectivity index is 1.76. The zero-order valence-electron chi connectivity index (χ0n) is 16.8. The summed E-state index contributed by atoms with van der Waals surface area (Å²) >= 11 is 0. The number of carbonyl (C=O) groups is 2. The Morgan fingerprint density at radius 1 is 1.39 bits per heavy atom. The van der Waals surface area contributed by atoms with Gasteiger partial charge in [0, 0.05) is 6.20 Å². The van der Waals surface area contributed by atoms with Crippen molar-refractivity contribution in [1.82, 2.24) is 9.55 Å². The first kappa shape index (κ1) is 20.7. The Kier molecular flexibility index (Phi) is 5.29. The second kappa shape index (κ2) is 7.93. The Morgan fingerprint density at radius 3 is 2.84 bits per heavy atom. The number of cyclic esters (lactones) is 1. The predicted molar refractivity (Wildman–Crippen MR) is 106 cm³/mol. The molecule has 4 rings (SSSR count). The molecular weight excluding hydrogens is 416 g/mol. The molecule has 2 aliphatic rings. The van der Waals surface area contributed by atoms with Crippen LogP contribution in [-0.2, 0) is 16.1 Å². The van der Waals surface area contributed by atoms with Crippen LogP contribution in [0.2, 0.25) is 0 Å². The largest absolute Gasteiger partial charge is 0.491 e. The molecule has 12 heteroatoms. The monoisotopic (exact) mass is 437 g/mol. The number of methoxy groups -OCH3 is 1. The van der Waals surface area contributed by atoms with Crippen LogP contribution < -0.4 is 25.4 Å². The van der Waals surface area contributed by atoms with Crippen molar-refractivity contribution in [3.05, 3.63) is 18.3 Å². The Hall–Kier alpha value is -3.57. The Labute approximate surface area is 175 Å². The number of hydrogen-bond acceptors (Lipinski definition) is 7. The van der Waals surface area contributed by atoms with Gasteiger partial charge in [-0.3, -0.25) is 4.79 Å². The maximum Gasteiger partial charge on any atom is 0.416 e. The summed E-state index contributed by atoms with van der Waals surface area (Å²) in [6, 6.07) is 1.32. The summed E-state index contributed by atoms with van der Waals surface area (Å²) in [7, 11) is 1.45. The molecule has 1 saturated heterocycles. The fraction of sp³-hybridized carbons (Fsp3) is 0.421. The minimum atomic E-state index is -2.77. The zero-order valence-corrected chi connectivity index (χ0v) is 16.8. The van der Waals surface area contributed by atoms with Crippen LogP contribution in [-0.4, -0.2) is 60.4 Å². The number of halogens is 2. The number of primary amides is 1. The number of nitrogens with zero attached hydrogens (tertiary/aromatic N) is 3. The van der Waals surface area contributed by atoms with E-state index < -0.39 is 37.1 Å². The summed E-state index contributed by atoms with van der Waals surface area (Å²) in [4.78, 5) is 28.8. The molecule has 2 atom stereocenters. The van der Waals surface area contributed by atoms with E-state index in [-0.39, 0.29) is 12.4 Å². The van der Waals surface area contributed by atoms with Crippen molar-refractivity contribution in [3.8, 4) is 22.9 Å². The molecule has 1 fully saturated rings. The lowest BCUT2D eigenvalue weighted by atomic mass is 10.1. The number of imidazole rings is 1. The van der Waals surface area contributed by atoms with E-state index in [2.05, 4.69) is 10.3 Å². The number of amides is 2. The number of anilines is 2. The van der Waals surface area contributed by atoms with E-state index >= 15 is 0 Å². The number of alkyl halides is 2. The summed E-state index contributed by atoms with van der Waals surface area (Å²) in [6.07, 6.45) is -2.12. The van der Waals surface area contributed by atoms with E-state index in [4.69, 9.17) is 19.9 Å². The van der Waals surface area contributed by atoms with Crippen molar-refractivity contribution >= 4 is 23.5 Å². The molecule has 3 heterocycles. The lowest BCUT2D eigenvalue weighted by molar-refractivity contribution is -0.118. The number of fused-ring (bicyclic) bond motifs is 3. The lowest BCUT2D eigenvalue weighted by Gasteiger charge is -2.19. The molecule has 1 unspecified atom stereocenters. The average molecular weight is 437 g/mol. The molecule has 0 radical (unpaired) electrons. The van der Waals surface area contributed by atoms with Crippen LogP contribution in [0, 0.1) is 0 Å². The molecule has 1 aromatic carbocycles. The van der Waals surface area contributed by atoms with Crippen LogP contribution >= 0.6 is 0 Å². The number of benzene rings is 1. The average Bonchev–Trinajstić information content (AvgIpc) is 3.27. The highest BCUT2D eigenvalue weighted by molar-refractivity contribution is 5.90. The minimum Gasteiger partial charge on any atom is -0.491 e. The van der Waals surface area contributed by atoms with Gasteiger partial charge in [-0.05, 0) is 19.1 Å². The molecule has 0 saturated carbocycles. The maximum atomic E-state index is 13.4. The maximum absolute atomic E-state index is 13.4. The summed E-state index contributed by atoms with van der Waals surface area (Å²) in [5.74, 6) is 0.662. The topological polar surface area (TPSA) is 121 Å². The minimum absolute atomic E-state index is 0.0687. The summed E-state index contributed by atoms with van der Waals surface area (Å²) in [5, 5.41) is 2.97. The number of nitrogens with two attached hydrogens (primary N) is 1. The lowest BCUT2D eigenvalue weighted by Crippen LogP contribution is -2.38. The summed E-state index contributed by atoms with van der Waals surface area (Å²) in [6.45, 7) is 1.81. The second-order valence-electron chi connectivity index (χ2n) is 7.10. The van der Waals surface area contributed by atoms with E-state index in [1.807, 2.05) is 0 Å². The Morgan fingerprint density at radius 2 is 2.16 bits per heavy atom. The van der Waals surface area contributed by atoms with E-state index in [1.165, 1.54) is 13.3 Å². The molecule has 0 spiro atoms. The van der Waals surface area contributed by atoms with E-state index in [1.54, 1.807) is 23.6 Å². The highest BCUT2D eigenvalue weighted by atomic mass is 19.3. The van der Waals surface area contributed by atoms with Gasteiger partial charge in [-0.2, -0.15) is 0 Å². The first-order chi connectivity index (χ1) is 14.8. The third kappa shape index (κ3) is 3.57. The third-order valence-electron chi connectivity index (χ3n) is 5.14. The fourth-order valence-electron chi connectivity index (χ4n) is 3.54. The summed E-state index contributed by atoms with van der Waals surface area (Å²) < 4.78 is 44.6. The molecule has 31 heavy (non-hydrogen) atoms. The first-order valence-corrected chi connectivity index (χ1v) is 9.53. The molecule has 2 aliphatic heterocycles. The normalized spacial score (nSPS) is 18.5. The molecule has 1 aromatic heterocycles. The van der Waals surface area contributed by atoms with Crippen LogP contribution in [0.15, 0.2) is 18.3 Å². The van der Waals surface area contributed by atoms with Gasteiger partial charge in [0.1, 0.15) is 31.1 Å². The smallest absolute Gasteiger partial charge is 0.416 e. The number of rotatable bonds is 6. The zero-order chi connectivity index (χ0) is 22.3. The van der Waals surface area contributed by atoms with E-state index in [9.17, 15) is 18.4 Å². The number of nitrogens with one attached hydrogen (secondary N) is 1. The highest BCUT2D eigenvalue weighted by Crippen LogP contribution is 2.45. The van der Waals surface area contributed by atoms with Gasteiger partial charge in [-0.1, -0.05) is 0 Å². The second-order valence-corrected chi connectivity index (χ2v) is 7.10. The van der Waals surface area contributed by atoms with Crippen molar-refractivity contribution < 1.29 is 32.6 Å². The van der Waals surface area contributed by atoms with Gasteiger partial charge in [0.2, 0.25) is 5.91 Å². The van der Waals surface area contributed by atoms with E-state index in [0.29, 0.717) is 35.1 Å². The van der Waals surface area contributed by atoms with Gasteiger partial charge in [0.15, 0.2) is 17.3 Å². The number of carbonyl (C=O) groups excluding carboxylic acids is 2. The van der Waals surface area contributed by atoms with Gasteiger partial charge in [0.05, 0.1) is 24.9 Å². The number of aromatic nitrogens is 2. The van der Waals surface area contributed by atoms with Crippen molar-refractivity contribution in [1.29, 1.82) is 0 Å². The molecule has 0 aliphatic carbocycles. The number of ether oxygens (including phenoxy) is 3. The van der Waals surface area contributed by atoms with Crippen LogP contribution in [0.3, 0.4) is 0 Å². The van der Waals surface area contributed by atoms with Gasteiger partial charge >= 0.3 is 6.09 Å². The standard InChI is InChI=1S/C19H21F2N5O5/c1-9(17(22)27)23-11-4-3-10-14(15(11)29-2)30-6-5-25-7-13(24-18(10)25)26-12(16(20)21)8-31-19(26)28/h3-4,7,9,12,16,23H,5-6,8H2,1-2H3,(H2,22,27)/t9-,12?/m0/s1.